The number of methoxy groups -OCH3 is 1. The number of ether oxygens (including phenoxy) is 2. The Bertz CT molecular complexity index is 1480. The van der Waals surface area contributed by atoms with E-state index in [-0.39, 0.29) is 24.1 Å². The van der Waals surface area contributed by atoms with E-state index in [9.17, 15) is 9.59 Å². The molecule has 0 atom stereocenters. The van der Waals surface area contributed by atoms with Gasteiger partial charge in [0.05, 0.1) is 30.4 Å². The fourth-order valence-corrected chi connectivity index (χ4v) is 4.90. The topological polar surface area (TPSA) is 116 Å². The second-order valence-corrected chi connectivity index (χ2v) is 10.7. The number of carbonyl (C=O) groups excluding carboxylic acids is 2. The molecule has 5 rings (SSSR count). The van der Waals surface area contributed by atoms with Crippen LogP contribution in [0, 0.1) is 0 Å². The molecule has 0 radical (unpaired) electrons. The highest BCUT2D eigenvalue weighted by Gasteiger charge is 2.30. The molecule has 0 aliphatic heterocycles. The van der Waals surface area contributed by atoms with E-state index in [1.807, 2.05) is 38.7 Å². The molecule has 0 bridgehead atoms. The molecule has 11 heteroatoms. The van der Waals surface area contributed by atoms with E-state index >= 15 is 0 Å². The number of amides is 2. The van der Waals surface area contributed by atoms with E-state index in [2.05, 4.69) is 15.4 Å². The first-order chi connectivity index (χ1) is 18.1. The Balaban J connectivity index is 1.30. The third kappa shape index (κ3) is 5.13. The first kappa shape index (κ1) is 25.5. The highest BCUT2D eigenvalue weighted by molar-refractivity contribution is 6.09. The summed E-state index contributed by atoms with van der Waals surface area (Å²) in [5.74, 6) is 0.120. The summed E-state index contributed by atoms with van der Waals surface area (Å²) in [5, 5.41) is 12.8. The van der Waals surface area contributed by atoms with Gasteiger partial charge in [0.15, 0.2) is 5.65 Å². The van der Waals surface area contributed by atoms with Crippen molar-refractivity contribution < 1.29 is 19.1 Å². The van der Waals surface area contributed by atoms with Crippen LogP contribution >= 0.6 is 0 Å². The van der Waals surface area contributed by atoms with Crippen molar-refractivity contribution in [2.45, 2.75) is 64.1 Å². The monoisotopic (exact) mass is 519 g/mol. The Morgan fingerprint density at radius 1 is 1.16 bits per heavy atom. The van der Waals surface area contributed by atoms with Gasteiger partial charge in [-0.05, 0) is 58.6 Å². The number of fused-ring (bicyclic) bond motifs is 2. The van der Waals surface area contributed by atoms with Gasteiger partial charge in [-0.3, -0.25) is 9.48 Å². The predicted molar refractivity (Wildman–Crippen MR) is 143 cm³/mol. The molecular formula is C27H33N7O4. The number of aromatic nitrogens is 5. The quantitative estimate of drug-likeness (QED) is 0.407. The summed E-state index contributed by atoms with van der Waals surface area (Å²) in [6.07, 6.45) is 10.2. The Kier molecular flexibility index (Phi) is 6.68. The van der Waals surface area contributed by atoms with Gasteiger partial charge in [0.25, 0.3) is 5.91 Å². The Morgan fingerprint density at radius 3 is 2.63 bits per heavy atom. The zero-order valence-corrected chi connectivity index (χ0v) is 22.3. The van der Waals surface area contributed by atoms with Crippen LogP contribution in [0.5, 0.6) is 5.75 Å². The molecule has 1 aliphatic carbocycles. The molecule has 4 aromatic rings. The average molecular weight is 520 g/mol. The summed E-state index contributed by atoms with van der Waals surface area (Å²) < 4.78 is 14.6. The van der Waals surface area contributed by atoms with Crippen molar-refractivity contribution in [3.63, 3.8) is 0 Å². The lowest BCUT2D eigenvalue weighted by atomic mass is 9.90. The summed E-state index contributed by atoms with van der Waals surface area (Å²) in [5.41, 5.74) is 1.71. The predicted octanol–water partition coefficient (Wildman–Crippen LogP) is 4.69. The Morgan fingerprint density at radius 2 is 1.92 bits per heavy atom. The van der Waals surface area contributed by atoms with Gasteiger partial charge in [-0.2, -0.15) is 10.2 Å². The second-order valence-electron chi connectivity index (χ2n) is 10.7. The first-order valence-corrected chi connectivity index (χ1v) is 12.8. The van der Waals surface area contributed by atoms with Gasteiger partial charge in [-0.15, -0.1) is 0 Å². The van der Waals surface area contributed by atoms with E-state index in [0.29, 0.717) is 22.6 Å². The van der Waals surface area contributed by atoms with Crippen LogP contribution in [0.3, 0.4) is 0 Å². The number of rotatable bonds is 5. The molecule has 1 saturated carbocycles. The number of nitrogens with one attached hydrogen (secondary N) is 1. The molecule has 0 saturated heterocycles. The standard InChI is InChI=1S/C27H33N7O4/c1-27(2,3)38-26(36)32(4)18-7-9-19(10-8-18)34-16-17-13-20(23(37-5)14-21(17)31-34)25(35)30-22-15-29-33-12-6-11-28-24(22)33/h6,11-16,18-19H,7-10H2,1-5H3,(H,30,35). The zero-order chi connectivity index (χ0) is 27.0. The molecule has 0 unspecified atom stereocenters. The van der Waals surface area contributed by atoms with Gasteiger partial charge in [0, 0.05) is 43.1 Å². The summed E-state index contributed by atoms with van der Waals surface area (Å²) in [4.78, 5) is 31.7. The summed E-state index contributed by atoms with van der Waals surface area (Å²) in [6, 6.07) is 5.70. The molecule has 2 amide bonds. The van der Waals surface area contributed by atoms with Crippen molar-refractivity contribution >= 4 is 34.2 Å². The highest BCUT2D eigenvalue weighted by Crippen LogP contribution is 2.33. The lowest BCUT2D eigenvalue weighted by Gasteiger charge is -2.35. The van der Waals surface area contributed by atoms with Gasteiger partial charge in [-0.25, -0.2) is 14.3 Å². The molecule has 1 aromatic carbocycles. The average Bonchev–Trinajstić information content (AvgIpc) is 3.50. The van der Waals surface area contributed by atoms with Crippen molar-refractivity contribution in [3.05, 3.63) is 48.5 Å². The maximum atomic E-state index is 13.2. The fourth-order valence-electron chi connectivity index (χ4n) is 4.90. The van der Waals surface area contributed by atoms with Gasteiger partial charge < -0.3 is 19.7 Å². The minimum atomic E-state index is -0.516. The molecule has 3 aromatic heterocycles. The zero-order valence-electron chi connectivity index (χ0n) is 22.3. The maximum absolute atomic E-state index is 13.2. The van der Waals surface area contributed by atoms with Crippen LogP contribution in [0.2, 0.25) is 0 Å². The molecule has 3 heterocycles. The molecule has 1 aliphatic rings. The smallest absolute Gasteiger partial charge is 0.410 e. The lowest BCUT2D eigenvalue weighted by molar-refractivity contribution is 0.0173. The number of hydrogen-bond acceptors (Lipinski definition) is 7. The van der Waals surface area contributed by atoms with Gasteiger partial charge in [0.1, 0.15) is 17.0 Å². The molecular weight excluding hydrogens is 486 g/mol. The van der Waals surface area contributed by atoms with E-state index in [4.69, 9.17) is 14.6 Å². The molecule has 11 nitrogen and oxygen atoms in total. The largest absolute Gasteiger partial charge is 0.496 e. The number of nitrogens with zero attached hydrogens (tertiary/aromatic N) is 6. The van der Waals surface area contributed by atoms with Crippen molar-refractivity contribution in [1.29, 1.82) is 0 Å². The van der Waals surface area contributed by atoms with Crippen LogP contribution in [0.25, 0.3) is 16.6 Å². The molecule has 1 fully saturated rings. The van der Waals surface area contributed by atoms with E-state index in [0.717, 1.165) is 36.6 Å². The van der Waals surface area contributed by atoms with Crippen LogP contribution < -0.4 is 10.1 Å². The van der Waals surface area contributed by atoms with Crippen LogP contribution in [0.15, 0.2) is 43.0 Å². The Hall–Kier alpha value is -4.15. The van der Waals surface area contributed by atoms with Crippen LogP contribution in [-0.2, 0) is 4.74 Å². The van der Waals surface area contributed by atoms with Crippen LogP contribution in [-0.4, -0.2) is 67.1 Å². The number of anilines is 1. The van der Waals surface area contributed by atoms with Crippen molar-refractivity contribution in [2.75, 3.05) is 19.5 Å². The summed E-state index contributed by atoms with van der Waals surface area (Å²) in [6.45, 7) is 5.62. The SMILES string of the molecule is COc1cc2nn(C3CCC(N(C)C(=O)OC(C)(C)C)CC3)cc2cc1C(=O)Nc1cnn2cccnc12. The highest BCUT2D eigenvalue weighted by atomic mass is 16.6. The van der Waals surface area contributed by atoms with Crippen LogP contribution in [0.4, 0.5) is 10.5 Å². The van der Waals surface area contributed by atoms with Crippen LogP contribution in [0.1, 0.15) is 62.9 Å². The normalized spacial score (nSPS) is 17.9. The summed E-state index contributed by atoms with van der Waals surface area (Å²) in [7, 11) is 3.34. The van der Waals surface area contributed by atoms with Gasteiger partial charge in [-0.1, -0.05) is 0 Å². The maximum Gasteiger partial charge on any atom is 0.410 e. The van der Waals surface area contributed by atoms with E-state index in [1.165, 1.54) is 7.11 Å². The molecule has 200 valence electrons. The van der Waals surface area contributed by atoms with E-state index in [1.54, 1.807) is 46.2 Å². The number of benzene rings is 1. The first-order valence-electron chi connectivity index (χ1n) is 12.8. The van der Waals surface area contributed by atoms with Crippen molar-refractivity contribution in [3.8, 4) is 5.75 Å². The molecule has 0 spiro atoms. The fraction of sp³-hybridized carbons (Fsp3) is 0.444. The molecule has 38 heavy (non-hydrogen) atoms. The van der Waals surface area contributed by atoms with Crippen molar-refractivity contribution in [1.82, 2.24) is 29.3 Å². The van der Waals surface area contributed by atoms with Gasteiger partial charge >= 0.3 is 6.09 Å². The number of hydrogen-bond donors (Lipinski definition) is 1. The minimum Gasteiger partial charge on any atom is -0.496 e. The summed E-state index contributed by atoms with van der Waals surface area (Å²) >= 11 is 0. The van der Waals surface area contributed by atoms with E-state index < -0.39 is 5.60 Å². The van der Waals surface area contributed by atoms with Gasteiger partial charge in [0.2, 0.25) is 0 Å². The lowest BCUT2D eigenvalue weighted by Crippen LogP contribution is -2.42. The van der Waals surface area contributed by atoms with Crippen molar-refractivity contribution in [2.24, 2.45) is 0 Å². The number of carbonyl (C=O) groups is 2. The second kappa shape index (κ2) is 9.96. The third-order valence-corrected chi connectivity index (χ3v) is 6.89. The third-order valence-electron chi connectivity index (χ3n) is 6.89. The Labute approximate surface area is 220 Å². The minimum absolute atomic E-state index is 0.135. The molecule has 1 N–H and O–H groups in total.